The van der Waals surface area contributed by atoms with Crippen molar-refractivity contribution in [1.29, 1.82) is 0 Å². The van der Waals surface area contributed by atoms with Gasteiger partial charge in [0.1, 0.15) is 11.5 Å². The van der Waals surface area contributed by atoms with E-state index >= 15 is 0 Å². The Morgan fingerprint density at radius 1 is 1.26 bits per heavy atom. The van der Waals surface area contributed by atoms with Gasteiger partial charge in [-0.15, -0.1) is 0 Å². The number of hydrogen-bond acceptors (Lipinski definition) is 4. The fraction of sp³-hybridized carbons (Fsp3) is 0.375. The van der Waals surface area contributed by atoms with Crippen molar-refractivity contribution in [2.24, 2.45) is 0 Å². The highest BCUT2D eigenvalue weighted by atomic mass is 35.5. The number of hydrogen-bond donors (Lipinski definition) is 0. The van der Waals surface area contributed by atoms with Crippen LogP contribution in [-0.4, -0.2) is 38.3 Å². The lowest BCUT2D eigenvalue weighted by Gasteiger charge is -2.19. The molecule has 0 spiro atoms. The van der Waals surface area contributed by atoms with Gasteiger partial charge in [0.2, 0.25) is 5.88 Å². The number of nitrogens with zero attached hydrogens (tertiary/aromatic N) is 4. The Balaban J connectivity index is 2.25. The molecule has 0 aliphatic carbocycles. The molecule has 0 amide bonds. The molecule has 2 heterocycles. The van der Waals surface area contributed by atoms with Crippen molar-refractivity contribution < 1.29 is 26.7 Å². The monoisotopic (exact) mass is 302 g/mol. The van der Waals surface area contributed by atoms with E-state index in [1.54, 1.807) is 0 Å². The van der Waals surface area contributed by atoms with Crippen molar-refractivity contribution in [2.75, 3.05) is 6.61 Å². The summed E-state index contributed by atoms with van der Waals surface area (Å²) in [6, 6.07) is 0.954. The molecule has 5 nitrogen and oxygen atoms in total. The van der Waals surface area contributed by atoms with Crippen molar-refractivity contribution >= 4 is 17.4 Å². The minimum Gasteiger partial charge on any atom is -0.471 e. The van der Waals surface area contributed by atoms with Gasteiger partial charge in [0.05, 0.1) is 0 Å². The van der Waals surface area contributed by atoms with Crippen LogP contribution in [0.4, 0.5) is 22.0 Å². The zero-order valence-corrected chi connectivity index (χ0v) is 9.58. The number of alkyl halides is 5. The summed E-state index contributed by atoms with van der Waals surface area (Å²) in [5.74, 6) is -5.50. The second-order valence-electron chi connectivity index (χ2n) is 3.38. The third-order valence-corrected chi connectivity index (χ3v) is 2.20. The maximum Gasteiger partial charge on any atom is 0.456 e. The quantitative estimate of drug-likeness (QED) is 0.645. The Labute approximate surface area is 107 Å². The zero-order valence-electron chi connectivity index (χ0n) is 8.83. The van der Waals surface area contributed by atoms with Crippen LogP contribution in [0.15, 0.2) is 12.4 Å². The van der Waals surface area contributed by atoms with Gasteiger partial charge in [0.15, 0.2) is 6.61 Å². The molecule has 0 aliphatic rings. The Hall–Kier alpha value is -1.71. The van der Waals surface area contributed by atoms with Gasteiger partial charge >= 0.3 is 12.1 Å². The standard InChI is InChI=1S/C8H4ClF5N4O/c9-4-1-5(18-6(17-4)15-3-16-18)19-2-7(10,11)8(12,13)14/h1,3H,2H2. The SMILES string of the molecule is FC(F)(F)C(F)(F)COc1cc(Cl)nc2ncnn12. The summed E-state index contributed by atoms with van der Waals surface area (Å²) in [7, 11) is 0. The topological polar surface area (TPSA) is 52.3 Å². The summed E-state index contributed by atoms with van der Waals surface area (Å²) < 4.78 is 66.6. The number of rotatable bonds is 3. The van der Waals surface area contributed by atoms with Crippen LogP contribution in [0.1, 0.15) is 0 Å². The molecule has 104 valence electrons. The third-order valence-electron chi connectivity index (χ3n) is 2.00. The van der Waals surface area contributed by atoms with E-state index < -0.39 is 24.6 Å². The van der Waals surface area contributed by atoms with E-state index in [4.69, 9.17) is 11.6 Å². The molecule has 2 aromatic rings. The van der Waals surface area contributed by atoms with Crippen molar-refractivity contribution in [1.82, 2.24) is 19.6 Å². The summed E-state index contributed by atoms with van der Waals surface area (Å²) in [6.45, 7) is -1.90. The summed E-state index contributed by atoms with van der Waals surface area (Å²) in [6.07, 6.45) is -4.68. The molecule has 19 heavy (non-hydrogen) atoms. The van der Waals surface area contributed by atoms with E-state index in [0.717, 1.165) is 16.9 Å². The smallest absolute Gasteiger partial charge is 0.456 e. The predicted molar refractivity (Wildman–Crippen MR) is 52.3 cm³/mol. The molecule has 0 atom stereocenters. The Morgan fingerprint density at radius 3 is 2.58 bits per heavy atom. The van der Waals surface area contributed by atoms with Gasteiger partial charge in [-0.25, -0.2) is 0 Å². The first-order chi connectivity index (χ1) is 8.71. The Bertz CT molecular complexity index is 598. The van der Waals surface area contributed by atoms with Crippen LogP contribution in [0.5, 0.6) is 5.88 Å². The molecule has 0 unspecified atom stereocenters. The van der Waals surface area contributed by atoms with E-state index in [2.05, 4.69) is 19.8 Å². The van der Waals surface area contributed by atoms with Crippen LogP contribution in [0.3, 0.4) is 0 Å². The molecule has 0 aliphatic heterocycles. The maximum absolute atomic E-state index is 12.7. The van der Waals surface area contributed by atoms with Gasteiger partial charge in [-0.05, 0) is 0 Å². The van der Waals surface area contributed by atoms with Gasteiger partial charge in [0.25, 0.3) is 5.78 Å². The molecule has 2 aromatic heterocycles. The average Bonchev–Trinajstić information content (AvgIpc) is 2.72. The van der Waals surface area contributed by atoms with Crippen molar-refractivity contribution in [3.8, 4) is 5.88 Å². The zero-order chi connectivity index (χ0) is 14.3. The van der Waals surface area contributed by atoms with E-state index in [-0.39, 0.29) is 10.9 Å². The first-order valence-electron chi connectivity index (χ1n) is 4.64. The van der Waals surface area contributed by atoms with Gasteiger partial charge in [-0.2, -0.15) is 41.5 Å². The fourth-order valence-corrected chi connectivity index (χ4v) is 1.28. The highest BCUT2D eigenvalue weighted by molar-refractivity contribution is 6.29. The lowest BCUT2D eigenvalue weighted by Crippen LogP contribution is -2.42. The Kier molecular flexibility index (Phi) is 3.20. The van der Waals surface area contributed by atoms with Crippen LogP contribution >= 0.6 is 11.6 Å². The molecule has 0 radical (unpaired) electrons. The predicted octanol–water partition coefficient (Wildman–Crippen LogP) is 2.35. The minimum atomic E-state index is -5.70. The first kappa shape index (κ1) is 13.7. The maximum atomic E-state index is 12.7. The second kappa shape index (κ2) is 4.44. The van der Waals surface area contributed by atoms with E-state index in [1.165, 1.54) is 0 Å². The highest BCUT2D eigenvalue weighted by Crippen LogP contribution is 2.35. The number of halogens is 6. The normalized spacial score (nSPS) is 12.9. The van der Waals surface area contributed by atoms with E-state index in [0.29, 0.717) is 0 Å². The molecule has 0 fully saturated rings. The van der Waals surface area contributed by atoms with Crippen LogP contribution in [0.2, 0.25) is 5.15 Å². The van der Waals surface area contributed by atoms with Gasteiger partial charge in [-0.3, -0.25) is 0 Å². The van der Waals surface area contributed by atoms with Crippen LogP contribution in [0.25, 0.3) is 5.78 Å². The van der Waals surface area contributed by atoms with Crippen LogP contribution in [-0.2, 0) is 0 Å². The van der Waals surface area contributed by atoms with Gasteiger partial charge in [0, 0.05) is 6.07 Å². The number of fused-ring (bicyclic) bond motifs is 1. The van der Waals surface area contributed by atoms with E-state index in [1.807, 2.05) is 0 Å². The molecule has 0 bridgehead atoms. The van der Waals surface area contributed by atoms with Crippen LogP contribution in [0, 0.1) is 0 Å². The van der Waals surface area contributed by atoms with Crippen LogP contribution < -0.4 is 4.74 Å². The molecule has 0 saturated carbocycles. The summed E-state index contributed by atoms with van der Waals surface area (Å²) in [4.78, 5) is 7.25. The first-order valence-corrected chi connectivity index (χ1v) is 5.02. The minimum absolute atomic E-state index is 0.0853. The van der Waals surface area contributed by atoms with Gasteiger partial charge in [-0.1, -0.05) is 11.6 Å². The van der Waals surface area contributed by atoms with E-state index in [9.17, 15) is 22.0 Å². The number of ether oxygens (including phenoxy) is 1. The molecule has 0 saturated heterocycles. The van der Waals surface area contributed by atoms with Crippen molar-refractivity contribution in [3.05, 3.63) is 17.5 Å². The van der Waals surface area contributed by atoms with Crippen molar-refractivity contribution in [3.63, 3.8) is 0 Å². The number of aromatic nitrogens is 4. The summed E-state index contributed by atoms with van der Waals surface area (Å²) in [5, 5.41) is 3.38. The molecular weight excluding hydrogens is 299 g/mol. The highest BCUT2D eigenvalue weighted by Gasteiger charge is 2.58. The molecule has 0 aromatic carbocycles. The van der Waals surface area contributed by atoms with Gasteiger partial charge < -0.3 is 4.74 Å². The summed E-state index contributed by atoms with van der Waals surface area (Å²) >= 11 is 5.54. The molecule has 0 N–H and O–H groups in total. The lowest BCUT2D eigenvalue weighted by atomic mass is 10.3. The van der Waals surface area contributed by atoms with Crippen molar-refractivity contribution in [2.45, 2.75) is 12.1 Å². The lowest BCUT2D eigenvalue weighted by molar-refractivity contribution is -0.290. The largest absolute Gasteiger partial charge is 0.471 e. The Morgan fingerprint density at radius 2 is 1.95 bits per heavy atom. The fourth-order valence-electron chi connectivity index (χ4n) is 1.11. The average molecular weight is 303 g/mol. The third kappa shape index (κ3) is 2.67. The molecule has 2 rings (SSSR count). The molecule has 11 heteroatoms. The summed E-state index contributed by atoms with van der Waals surface area (Å²) in [5.41, 5.74) is 0. The second-order valence-corrected chi connectivity index (χ2v) is 3.77. The molecular formula is C8H4ClF5N4O.